The molecule has 1 aromatic rings. The van der Waals surface area contributed by atoms with Crippen molar-refractivity contribution in [1.82, 2.24) is 15.6 Å². The lowest BCUT2D eigenvalue weighted by Crippen LogP contribution is -2.45. The Morgan fingerprint density at radius 1 is 1.36 bits per heavy atom. The molecule has 1 aliphatic carbocycles. The number of aromatic nitrogens is 1. The van der Waals surface area contributed by atoms with Crippen molar-refractivity contribution in [2.24, 2.45) is 10.9 Å². The molecular weight excluding hydrogens is 336 g/mol. The van der Waals surface area contributed by atoms with E-state index >= 15 is 0 Å². The van der Waals surface area contributed by atoms with Crippen LogP contribution in [0.25, 0.3) is 0 Å². The fraction of sp³-hybridized carbons (Fsp3) is 0.722. The first-order valence-electron chi connectivity index (χ1n) is 9.23. The molecule has 140 valence electrons. The molecule has 1 heterocycles. The van der Waals surface area contributed by atoms with Crippen molar-refractivity contribution in [2.45, 2.75) is 58.4 Å². The Bertz CT molecular complexity index is 565. The van der Waals surface area contributed by atoms with Crippen LogP contribution in [-0.2, 0) is 22.4 Å². The SMILES string of the molecule is CCOC(=O)C1CCC(NC(=NC)NCCc2ncc(CC)s2)CC1. The van der Waals surface area contributed by atoms with E-state index in [2.05, 4.69) is 27.5 Å². The number of thiazole rings is 1. The number of hydrogen-bond acceptors (Lipinski definition) is 5. The molecule has 0 aromatic carbocycles. The zero-order valence-electron chi connectivity index (χ0n) is 15.5. The monoisotopic (exact) mass is 366 g/mol. The van der Waals surface area contributed by atoms with Gasteiger partial charge in [0.05, 0.1) is 17.5 Å². The van der Waals surface area contributed by atoms with Crippen molar-refractivity contribution in [1.29, 1.82) is 0 Å². The molecule has 1 aromatic heterocycles. The van der Waals surface area contributed by atoms with E-state index in [1.54, 1.807) is 18.4 Å². The van der Waals surface area contributed by atoms with Gasteiger partial charge >= 0.3 is 5.97 Å². The van der Waals surface area contributed by atoms with Gasteiger partial charge in [0.15, 0.2) is 5.96 Å². The number of carbonyl (C=O) groups excluding carboxylic acids is 1. The van der Waals surface area contributed by atoms with Gasteiger partial charge in [-0.05, 0) is 39.0 Å². The molecule has 0 amide bonds. The third kappa shape index (κ3) is 6.30. The van der Waals surface area contributed by atoms with Crippen molar-refractivity contribution >= 4 is 23.3 Å². The normalized spacial score (nSPS) is 21.0. The van der Waals surface area contributed by atoms with Gasteiger partial charge in [-0.3, -0.25) is 9.79 Å². The highest BCUT2D eigenvalue weighted by Gasteiger charge is 2.27. The molecule has 1 fully saturated rings. The maximum Gasteiger partial charge on any atom is 0.308 e. The van der Waals surface area contributed by atoms with Gasteiger partial charge in [-0.2, -0.15) is 0 Å². The zero-order chi connectivity index (χ0) is 18.1. The molecule has 0 unspecified atom stereocenters. The average Bonchev–Trinajstić information content (AvgIpc) is 3.09. The summed E-state index contributed by atoms with van der Waals surface area (Å²) in [5, 5.41) is 7.99. The van der Waals surface area contributed by atoms with Gasteiger partial charge < -0.3 is 15.4 Å². The summed E-state index contributed by atoms with van der Waals surface area (Å²) in [5.74, 6) is 0.843. The number of carbonyl (C=O) groups is 1. The first kappa shape index (κ1) is 19.7. The topological polar surface area (TPSA) is 75.6 Å². The summed E-state index contributed by atoms with van der Waals surface area (Å²) in [4.78, 5) is 21.9. The van der Waals surface area contributed by atoms with Crippen LogP contribution >= 0.6 is 11.3 Å². The van der Waals surface area contributed by atoms with Crippen LogP contribution in [-0.4, -0.2) is 43.2 Å². The number of esters is 1. The smallest absolute Gasteiger partial charge is 0.308 e. The number of nitrogens with zero attached hydrogens (tertiary/aromatic N) is 2. The molecule has 25 heavy (non-hydrogen) atoms. The Balaban J connectivity index is 1.69. The summed E-state index contributed by atoms with van der Waals surface area (Å²) in [6, 6.07) is 0.364. The first-order valence-corrected chi connectivity index (χ1v) is 10.0. The van der Waals surface area contributed by atoms with Gasteiger partial charge in [-0.25, -0.2) is 4.98 Å². The van der Waals surface area contributed by atoms with E-state index in [4.69, 9.17) is 4.74 Å². The molecule has 7 heteroatoms. The number of aliphatic imine (C=N–C) groups is 1. The van der Waals surface area contributed by atoms with Crippen LogP contribution in [0.1, 0.15) is 49.4 Å². The average molecular weight is 367 g/mol. The molecule has 2 rings (SSSR count). The van der Waals surface area contributed by atoms with Gasteiger partial charge in [0, 0.05) is 37.1 Å². The molecule has 2 N–H and O–H groups in total. The lowest BCUT2D eigenvalue weighted by molar-refractivity contribution is -0.149. The Morgan fingerprint density at radius 2 is 2.12 bits per heavy atom. The van der Waals surface area contributed by atoms with Crippen molar-refractivity contribution < 1.29 is 9.53 Å². The zero-order valence-corrected chi connectivity index (χ0v) is 16.3. The van der Waals surface area contributed by atoms with E-state index in [9.17, 15) is 4.79 Å². The maximum absolute atomic E-state index is 11.8. The third-order valence-corrected chi connectivity index (χ3v) is 5.69. The highest BCUT2D eigenvalue weighted by atomic mass is 32.1. The summed E-state index contributed by atoms with van der Waals surface area (Å²) >= 11 is 1.78. The summed E-state index contributed by atoms with van der Waals surface area (Å²) in [5.41, 5.74) is 0. The number of nitrogens with one attached hydrogen (secondary N) is 2. The molecule has 0 atom stereocenters. The summed E-state index contributed by atoms with van der Waals surface area (Å²) in [6.45, 7) is 5.29. The predicted octanol–water partition coefficient (Wildman–Crippen LogP) is 2.53. The Kier molecular flexibility index (Phi) is 8.18. The van der Waals surface area contributed by atoms with E-state index < -0.39 is 0 Å². The fourth-order valence-electron chi connectivity index (χ4n) is 3.04. The van der Waals surface area contributed by atoms with Gasteiger partial charge in [-0.15, -0.1) is 11.3 Å². The van der Waals surface area contributed by atoms with Gasteiger partial charge in [0.1, 0.15) is 0 Å². The molecule has 0 radical (unpaired) electrons. The number of guanidine groups is 1. The van der Waals surface area contributed by atoms with E-state index in [1.165, 1.54) is 4.88 Å². The van der Waals surface area contributed by atoms with Crippen molar-refractivity contribution in [2.75, 3.05) is 20.2 Å². The second kappa shape index (κ2) is 10.4. The molecule has 1 saturated carbocycles. The summed E-state index contributed by atoms with van der Waals surface area (Å²) in [6.07, 6.45) is 7.62. The Hall–Kier alpha value is -1.63. The van der Waals surface area contributed by atoms with Crippen LogP contribution in [0.5, 0.6) is 0 Å². The summed E-state index contributed by atoms with van der Waals surface area (Å²) in [7, 11) is 1.79. The largest absolute Gasteiger partial charge is 0.466 e. The minimum Gasteiger partial charge on any atom is -0.466 e. The number of hydrogen-bond donors (Lipinski definition) is 2. The van der Waals surface area contributed by atoms with E-state index in [0.29, 0.717) is 12.6 Å². The van der Waals surface area contributed by atoms with Crippen LogP contribution in [0, 0.1) is 5.92 Å². The molecule has 0 bridgehead atoms. The van der Waals surface area contributed by atoms with Crippen LogP contribution in [0.3, 0.4) is 0 Å². The van der Waals surface area contributed by atoms with Crippen LogP contribution in [0.4, 0.5) is 0 Å². The molecule has 6 nitrogen and oxygen atoms in total. The molecular formula is C18H30N4O2S. The highest BCUT2D eigenvalue weighted by molar-refractivity contribution is 7.11. The third-order valence-electron chi connectivity index (χ3n) is 4.49. The molecule has 0 aliphatic heterocycles. The predicted molar refractivity (Wildman–Crippen MR) is 102 cm³/mol. The maximum atomic E-state index is 11.8. The molecule has 0 spiro atoms. The molecule has 1 aliphatic rings. The van der Waals surface area contributed by atoms with E-state index in [0.717, 1.165) is 56.0 Å². The second-order valence-electron chi connectivity index (χ2n) is 6.27. The Morgan fingerprint density at radius 3 is 2.72 bits per heavy atom. The van der Waals surface area contributed by atoms with Crippen molar-refractivity contribution in [3.05, 3.63) is 16.1 Å². The van der Waals surface area contributed by atoms with Crippen molar-refractivity contribution in [3.63, 3.8) is 0 Å². The molecule has 0 saturated heterocycles. The van der Waals surface area contributed by atoms with Crippen molar-refractivity contribution in [3.8, 4) is 0 Å². The lowest BCUT2D eigenvalue weighted by atomic mass is 9.86. The van der Waals surface area contributed by atoms with E-state index in [-0.39, 0.29) is 11.9 Å². The number of rotatable bonds is 7. The minimum atomic E-state index is -0.0432. The second-order valence-corrected chi connectivity index (χ2v) is 7.47. The van der Waals surface area contributed by atoms with Crippen LogP contribution in [0.2, 0.25) is 0 Å². The highest BCUT2D eigenvalue weighted by Crippen LogP contribution is 2.25. The Labute approximate surface area is 154 Å². The number of aryl methyl sites for hydroxylation is 1. The fourth-order valence-corrected chi connectivity index (χ4v) is 3.90. The van der Waals surface area contributed by atoms with Crippen LogP contribution in [0.15, 0.2) is 11.2 Å². The quantitative estimate of drug-likeness (QED) is 0.441. The minimum absolute atomic E-state index is 0.0432. The van der Waals surface area contributed by atoms with Gasteiger partial charge in [0.2, 0.25) is 0 Å². The lowest BCUT2D eigenvalue weighted by Gasteiger charge is -2.29. The van der Waals surface area contributed by atoms with Gasteiger partial charge in [-0.1, -0.05) is 6.92 Å². The van der Waals surface area contributed by atoms with Crippen LogP contribution < -0.4 is 10.6 Å². The van der Waals surface area contributed by atoms with E-state index in [1.807, 2.05) is 13.1 Å². The standard InChI is InChI=1S/C18H30N4O2S/c1-4-15-12-21-16(25-15)10-11-20-18(19-3)22-14-8-6-13(7-9-14)17(23)24-5-2/h12-14H,4-11H2,1-3H3,(H2,19,20,22). The van der Waals surface area contributed by atoms with Gasteiger partial charge in [0.25, 0.3) is 0 Å². The number of ether oxygens (including phenoxy) is 1. The first-order chi connectivity index (χ1) is 12.2. The summed E-state index contributed by atoms with van der Waals surface area (Å²) < 4.78 is 5.12.